The number of nitrogen functional groups attached to an aromatic ring is 1. The molecule has 1 aromatic heterocycles. The largest absolute Gasteiger partial charge is 0.382 e. The van der Waals surface area contributed by atoms with Crippen molar-refractivity contribution in [2.24, 2.45) is 5.73 Å². The Morgan fingerprint density at radius 2 is 2.00 bits per heavy atom. The van der Waals surface area contributed by atoms with Crippen LogP contribution in [0.5, 0.6) is 0 Å². The summed E-state index contributed by atoms with van der Waals surface area (Å²) in [4.78, 5) is 11.3. The number of nitrogens with two attached hydrogens (primary N) is 2. The highest BCUT2D eigenvalue weighted by Crippen LogP contribution is 2.14. The minimum atomic E-state index is -0.435. The van der Waals surface area contributed by atoms with Crippen LogP contribution in [-0.4, -0.2) is 23.2 Å². The molecule has 1 heterocycles. The van der Waals surface area contributed by atoms with Crippen molar-refractivity contribution < 1.29 is 9.53 Å². The molecule has 6 nitrogen and oxygen atoms in total. The molecule has 0 radical (unpaired) electrons. The fourth-order valence-electron chi connectivity index (χ4n) is 2.09. The van der Waals surface area contributed by atoms with Crippen LogP contribution in [0, 0.1) is 0 Å². The smallest absolute Gasteiger partial charge is 0.248 e. The Labute approximate surface area is 117 Å². The Kier molecular flexibility index (Phi) is 4.37. The predicted octanol–water partition coefficient (Wildman–Crippen LogP) is 1.02. The van der Waals surface area contributed by atoms with Gasteiger partial charge in [-0.25, -0.2) is 0 Å². The lowest BCUT2D eigenvalue weighted by atomic mass is 10.0. The standard InChI is InChI=1S/C14H18N4O2/c1-20-8-10-4-9(5-11(6-10)14(16)19)2-3-12-7-13(15)18-17-12/h4-7H,2-3,8H2,1H3,(H2,16,19)(H3,15,17,18). The first-order valence-corrected chi connectivity index (χ1v) is 6.30. The zero-order valence-corrected chi connectivity index (χ0v) is 11.3. The summed E-state index contributed by atoms with van der Waals surface area (Å²) < 4.78 is 5.10. The van der Waals surface area contributed by atoms with Crippen molar-refractivity contribution in [3.63, 3.8) is 0 Å². The maximum absolute atomic E-state index is 11.3. The number of carbonyl (C=O) groups is 1. The summed E-state index contributed by atoms with van der Waals surface area (Å²) in [6.45, 7) is 0.450. The highest BCUT2D eigenvalue weighted by atomic mass is 16.5. The topological polar surface area (TPSA) is 107 Å². The van der Waals surface area contributed by atoms with E-state index in [9.17, 15) is 4.79 Å². The van der Waals surface area contributed by atoms with Gasteiger partial charge in [0.1, 0.15) is 5.82 Å². The number of ether oxygens (including phenoxy) is 1. The number of benzene rings is 1. The molecule has 0 saturated carbocycles. The fourth-order valence-corrected chi connectivity index (χ4v) is 2.09. The number of H-pyrrole nitrogens is 1. The molecule has 5 N–H and O–H groups in total. The van der Waals surface area contributed by atoms with E-state index in [1.54, 1.807) is 25.3 Å². The molecule has 6 heteroatoms. The number of methoxy groups -OCH3 is 1. The first kappa shape index (κ1) is 14.1. The molecule has 0 aliphatic rings. The number of hydrogen-bond acceptors (Lipinski definition) is 4. The Bertz CT molecular complexity index is 607. The number of aromatic nitrogens is 2. The Morgan fingerprint density at radius 1 is 1.25 bits per heavy atom. The molecule has 0 spiro atoms. The predicted molar refractivity (Wildman–Crippen MR) is 76.1 cm³/mol. The van der Waals surface area contributed by atoms with E-state index in [1.807, 2.05) is 6.07 Å². The van der Waals surface area contributed by atoms with E-state index in [1.165, 1.54) is 0 Å². The van der Waals surface area contributed by atoms with Crippen molar-refractivity contribution in [3.8, 4) is 0 Å². The molecular formula is C14H18N4O2. The van der Waals surface area contributed by atoms with E-state index in [0.717, 1.165) is 29.7 Å². The van der Waals surface area contributed by atoms with Crippen molar-refractivity contribution in [1.82, 2.24) is 10.2 Å². The van der Waals surface area contributed by atoms with Gasteiger partial charge in [-0.05, 0) is 36.1 Å². The quantitative estimate of drug-likeness (QED) is 0.731. The highest BCUT2D eigenvalue weighted by Gasteiger charge is 2.07. The third-order valence-corrected chi connectivity index (χ3v) is 2.98. The number of aryl methyl sites for hydroxylation is 2. The first-order chi connectivity index (χ1) is 9.58. The second-order valence-corrected chi connectivity index (χ2v) is 4.65. The second-order valence-electron chi connectivity index (χ2n) is 4.65. The minimum Gasteiger partial charge on any atom is -0.382 e. The molecule has 0 saturated heterocycles. The van der Waals surface area contributed by atoms with Gasteiger partial charge < -0.3 is 16.2 Å². The average Bonchev–Trinajstić information content (AvgIpc) is 2.82. The average molecular weight is 274 g/mol. The maximum Gasteiger partial charge on any atom is 0.248 e. The van der Waals surface area contributed by atoms with Crippen molar-refractivity contribution in [2.45, 2.75) is 19.4 Å². The Balaban J connectivity index is 2.15. The summed E-state index contributed by atoms with van der Waals surface area (Å²) in [5.74, 6) is 0.0425. The monoisotopic (exact) mass is 274 g/mol. The number of primary amides is 1. The van der Waals surface area contributed by atoms with E-state index >= 15 is 0 Å². The lowest BCUT2D eigenvalue weighted by molar-refractivity contribution is 0.1000. The van der Waals surface area contributed by atoms with Gasteiger partial charge in [-0.3, -0.25) is 9.89 Å². The van der Waals surface area contributed by atoms with Crippen LogP contribution >= 0.6 is 0 Å². The number of amides is 1. The summed E-state index contributed by atoms with van der Waals surface area (Å²) in [7, 11) is 1.62. The number of carbonyl (C=O) groups excluding carboxylic acids is 1. The third-order valence-electron chi connectivity index (χ3n) is 2.98. The van der Waals surface area contributed by atoms with Crippen LogP contribution < -0.4 is 11.5 Å². The van der Waals surface area contributed by atoms with Crippen molar-refractivity contribution in [2.75, 3.05) is 12.8 Å². The van der Waals surface area contributed by atoms with Gasteiger partial charge >= 0.3 is 0 Å². The van der Waals surface area contributed by atoms with Gasteiger partial charge in [-0.15, -0.1) is 0 Å². The van der Waals surface area contributed by atoms with E-state index in [2.05, 4.69) is 10.2 Å². The Hall–Kier alpha value is -2.34. The molecule has 0 unspecified atom stereocenters. The molecule has 20 heavy (non-hydrogen) atoms. The van der Waals surface area contributed by atoms with Crippen LogP contribution in [0.3, 0.4) is 0 Å². The van der Waals surface area contributed by atoms with E-state index in [0.29, 0.717) is 18.0 Å². The molecular weight excluding hydrogens is 256 g/mol. The summed E-state index contributed by atoms with van der Waals surface area (Å²) in [5.41, 5.74) is 14.3. The molecule has 0 aliphatic carbocycles. The van der Waals surface area contributed by atoms with Gasteiger partial charge in [0.15, 0.2) is 0 Å². The van der Waals surface area contributed by atoms with Gasteiger partial charge in [-0.1, -0.05) is 6.07 Å². The van der Waals surface area contributed by atoms with Gasteiger partial charge in [0.25, 0.3) is 0 Å². The van der Waals surface area contributed by atoms with E-state index < -0.39 is 5.91 Å². The number of anilines is 1. The number of aromatic amines is 1. The zero-order chi connectivity index (χ0) is 14.5. The molecule has 0 aliphatic heterocycles. The molecule has 2 rings (SSSR count). The molecule has 1 amide bonds. The van der Waals surface area contributed by atoms with Gasteiger partial charge in [0, 0.05) is 24.4 Å². The minimum absolute atomic E-state index is 0.435. The van der Waals surface area contributed by atoms with Crippen LogP contribution in [0.1, 0.15) is 27.2 Å². The van der Waals surface area contributed by atoms with Gasteiger partial charge in [0.2, 0.25) is 5.91 Å². The summed E-state index contributed by atoms with van der Waals surface area (Å²) in [5, 5.41) is 6.74. The number of nitrogens with one attached hydrogen (secondary N) is 1. The van der Waals surface area contributed by atoms with Crippen molar-refractivity contribution >= 4 is 11.7 Å². The molecule has 0 bridgehead atoms. The third kappa shape index (κ3) is 3.58. The summed E-state index contributed by atoms with van der Waals surface area (Å²) >= 11 is 0. The fraction of sp³-hybridized carbons (Fsp3) is 0.286. The van der Waals surface area contributed by atoms with Crippen LogP contribution in [0.25, 0.3) is 0 Å². The summed E-state index contributed by atoms with van der Waals surface area (Å²) in [6.07, 6.45) is 1.53. The lowest BCUT2D eigenvalue weighted by Gasteiger charge is -2.07. The van der Waals surface area contributed by atoms with Crippen molar-refractivity contribution in [3.05, 3.63) is 46.6 Å². The SMILES string of the molecule is COCc1cc(CCc2cc(N)n[nH]2)cc(C(N)=O)c1. The van der Waals surface area contributed by atoms with Crippen LogP contribution in [-0.2, 0) is 24.2 Å². The van der Waals surface area contributed by atoms with Crippen LogP contribution in [0.2, 0.25) is 0 Å². The molecule has 0 fully saturated rings. The molecule has 106 valence electrons. The van der Waals surface area contributed by atoms with Gasteiger partial charge in [-0.2, -0.15) is 5.10 Å². The second kappa shape index (κ2) is 6.21. The number of rotatable bonds is 6. The van der Waals surface area contributed by atoms with E-state index in [4.69, 9.17) is 16.2 Å². The molecule has 0 atom stereocenters. The zero-order valence-electron chi connectivity index (χ0n) is 11.3. The molecule has 2 aromatic rings. The maximum atomic E-state index is 11.3. The summed E-state index contributed by atoms with van der Waals surface area (Å²) in [6, 6.07) is 7.37. The first-order valence-electron chi connectivity index (χ1n) is 6.30. The normalized spacial score (nSPS) is 10.7. The van der Waals surface area contributed by atoms with Crippen molar-refractivity contribution in [1.29, 1.82) is 0 Å². The lowest BCUT2D eigenvalue weighted by Crippen LogP contribution is -2.12. The van der Waals surface area contributed by atoms with Gasteiger partial charge in [0.05, 0.1) is 6.61 Å². The number of nitrogens with zero attached hydrogens (tertiary/aromatic N) is 1. The van der Waals surface area contributed by atoms with Crippen LogP contribution in [0.15, 0.2) is 24.3 Å². The highest BCUT2D eigenvalue weighted by molar-refractivity contribution is 5.93. The van der Waals surface area contributed by atoms with Crippen LogP contribution in [0.4, 0.5) is 5.82 Å². The Morgan fingerprint density at radius 3 is 2.60 bits per heavy atom. The van der Waals surface area contributed by atoms with E-state index in [-0.39, 0.29) is 0 Å². The molecule has 1 aromatic carbocycles. The number of hydrogen-bond donors (Lipinski definition) is 3.